The van der Waals surface area contributed by atoms with Gasteiger partial charge in [0, 0.05) is 11.7 Å². The molecule has 29 heavy (non-hydrogen) atoms. The fraction of sp³-hybridized carbons (Fsp3) is 0.0909. The lowest BCUT2D eigenvalue weighted by Gasteiger charge is -2.19. The molecule has 5 aromatic rings. The predicted molar refractivity (Wildman–Crippen MR) is 113 cm³/mol. The lowest BCUT2D eigenvalue weighted by atomic mass is 9.96. The maximum Gasteiger partial charge on any atom is 0.263 e. The highest BCUT2D eigenvalue weighted by Crippen LogP contribution is 2.29. The Morgan fingerprint density at radius 2 is 1.86 bits per heavy atom. The van der Waals surface area contributed by atoms with Crippen molar-refractivity contribution in [3.63, 3.8) is 0 Å². The second kappa shape index (κ2) is 6.87. The molecule has 1 unspecified atom stereocenters. The number of pyridine rings is 2. The second-order valence-electron chi connectivity index (χ2n) is 6.83. The van der Waals surface area contributed by atoms with Crippen LogP contribution in [0, 0.1) is 0 Å². The van der Waals surface area contributed by atoms with E-state index in [0.29, 0.717) is 22.5 Å². The van der Waals surface area contributed by atoms with E-state index in [9.17, 15) is 4.79 Å². The third kappa shape index (κ3) is 2.93. The lowest BCUT2D eigenvalue weighted by molar-refractivity contribution is 0.869. The number of hydrogen-bond donors (Lipinski definition) is 2. The number of nitrogens with zero attached hydrogens (tertiary/aromatic N) is 4. The average Bonchev–Trinajstić information content (AvgIpc) is 3.24. The highest BCUT2D eigenvalue weighted by molar-refractivity contribution is 5.82. The van der Waals surface area contributed by atoms with Crippen molar-refractivity contribution in [1.29, 1.82) is 0 Å². The number of aromatic nitrogens is 5. The van der Waals surface area contributed by atoms with Gasteiger partial charge in [0.2, 0.25) is 0 Å². The van der Waals surface area contributed by atoms with Crippen LogP contribution in [0.15, 0.2) is 78.2 Å². The largest absolute Gasteiger partial charge is 0.362 e. The zero-order valence-corrected chi connectivity index (χ0v) is 15.7. The van der Waals surface area contributed by atoms with Crippen LogP contribution in [0.3, 0.4) is 0 Å². The first-order valence-corrected chi connectivity index (χ1v) is 9.33. The zero-order chi connectivity index (χ0) is 19.8. The van der Waals surface area contributed by atoms with E-state index in [1.54, 1.807) is 16.9 Å². The molecule has 1 atom stereocenters. The molecule has 0 spiro atoms. The van der Waals surface area contributed by atoms with Crippen molar-refractivity contribution in [3.8, 4) is 11.1 Å². The van der Waals surface area contributed by atoms with E-state index >= 15 is 0 Å². The molecule has 0 radical (unpaired) electrons. The summed E-state index contributed by atoms with van der Waals surface area (Å²) in [7, 11) is 0. The van der Waals surface area contributed by atoms with Crippen molar-refractivity contribution < 1.29 is 0 Å². The van der Waals surface area contributed by atoms with Crippen molar-refractivity contribution >= 4 is 22.5 Å². The topological polar surface area (TPSA) is 88.0 Å². The minimum absolute atomic E-state index is 0.0504. The fourth-order valence-corrected chi connectivity index (χ4v) is 3.62. The first-order valence-electron chi connectivity index (χ1n) is 9.33. The molecule has 0 aliphatic heterocycles. The van der Waals surface area contributed by atoms with Crippen LogP contribution in [0.4, 0.5) is 5.82 Å². The van der Waals surface area contributed by atoms with Crippen LogP contribution in [0.1, 0.15) is 18.5 Å². The number of rotatable bonds is 4. The van der Waals surface area contributed by atoms with Gasteiger partial charge in [0.25, 0.3) is 5.56 Å². The smallest absolute Gasteiger partial charge is 0.263 e. The van der Waals surface area contributed by atoms with Gasteiger partial charge >= 0.3 is 0 Å². The van der Waals surface area contributed by atoms with E-state index in [-0.39, 0.29) is 11.6 Å². The summed E-state index contributed by atoms with van der Waals surface area (Å²) in [5, 5.41) is 3.41. The highest BCUT2D eigenvalue weighted by Gasteiger charge is 2.19. The molecule has 1 aromatic carbocycles. The summed E-state index contributed by atoms with van der Waals surface area (Å²) in [6, 6.07) is 17.3. The maximum atomic E-state index is 13.4. The molecule has 0 amide bonds. The van der Waals surface area contributed by atoms with E-state index in [2.05, 4.69) is 25.3 Å². The molecule has 5 rings (SSSR count). The van der Waals surface area contributed by atoms with Gasteiger partial charge in [-0.3, -0.25) is 9.20 Å². The van der Waals surface area contributed by atoms with E-state index in [1.807, 2.05) is 61.5 Å². The number of H-pyrrole nitrogens is 1. The van der Waals surface area contributed by atoms with Gasteiger partial charge < -0.3 is 10.3 Å². The summed E-state index contributed by atoms with van der Waals surface area (Å²) in [6.07, 6.45) is 4.87. The highest BCUT2D eigenvalue weighted by atomic mass is 16.1. The van der Waals surface area contributed by atoms with Crippen LogP contribution < -0.4 is 10.9 Å². The van der Waals surface area contributed by atoms with Gasteiger partial charge in [-0.2, -0.15) is 0 Å². The van der Waals surface area contributed by atoms with E-state index in [0.717, 1.165) is 16.6 Å². The molecule has 0 bridgehead atoms. The number of imidazole rings is 1. The molecule has 0 aliphatic carbocycles. The van der Waals surface area contributed by atoms with Crippen LogP contribution in [-0.2, 0) is 0 Å². The van der Waals surface area contributed by atoms with Crippen molar-refractivity contribution in [2.75, 3.05) is 5.32 Å². The molecular formula is C22H18N6O. The van der Waals surface area contributed by atoms with E-state index in [1.165, 1.54) is 6.33 Å². The van der Waals surface area contributed by atoms with Gasteiger partial charge in [-0.05, 0) is 36.2 Å². The Morgan fingerprint density at radius 3 is 2.72 bits per heavy atom. The summed E-state index contributed by atoms with van der Waals surface area (Å²) in [4.78, 5) is 29.2. The van der Waals surface area contributed by atoms with E-state index < -0.39 is 0 Å². The van der Waals surface area contributed by atoms with Crippen LogP contribution >= 0.6 is 0 Å². The van der Waals surface area contributed by atoms with Crippen molar-refractivity contribution in [2.45, 2.75) is 13.0 Å². The van der Waals surface area contributed by atoms with Crippen LogP contribution in [0.25, 0.3) is 27.8 Å². The van der Waals surface area contributed by atoms with Crippen molar-refractivity contribution in [2.24, 2.45) is 0 Å². The standard InChI is InChI=1S/C22H18N6O/c1-14(27-21-19-20(24-12-23-19)25-13-26-21)17-11-16-9-5-6-10-28(16)22(29)18(17)15-7-3-2-4-8-15/h2-14H,1H3,(H2,23,24,25,26,27). The predicted octanol–water partition coefficient (Wildman–Crippen LogP) is 3.81. The third-order valence-electron chi connectivity index (χ3n) is 5.02. The normalized spacial score (nSPS) is 12.3. The van der Waals surface area contributed by atoms with Crippen LogP contribution in [0.5, 0.6) is 0 Å². The van der Waals surface area contributed by atoms with Crippen molar-refractivity contribution in [1.82, 2.24) is 24.3 Å². The molecule has 7 nitrogen and oxygen atoms in total. The van der Waals surface area contributed by atoms with Gasteiger partial charge in [0.15, 0.2) is 11.5 Å². The number of aromatic amines is 1. The third-order valence-corrected chi connectivity index (χ3v) is 5.02. The summed E-state index contributed by atoms with van der Waals surface area (Å²) >= 11 is 0. The molecule has 4 aromatic heterocycles. The SMILES string of the molecule is CC(Nc1ncnc2[nH]cnc12)c1cc2ccccn2c(=O)c1-c1ccccc1. The summed E-state index contributed by atoms with van der Waals surface area (Å²) in [5.74, 6) is 0.621. The quantitative estimate of drug-likeness (QED) is 0.494. The maximum absolute atomic E-state index is 13.4. The second-order valence-corrected chi connectivity index (χ2v) is 6.83. The monoisotopic (exact) mass is 382 g/mol. The van der Waals surface area contributed by atoms with Crippen molar-refractivity contribution in [3.05, 3.63) is 89.4 Å². The minimum Gasteiger partial charge on any atom is -0.362 e. The number of nitrogens with one attached hydrogen (secondary N) is 2. The average molecular weight is 382 g/mol. The molecule has 0 saturated heterocycles. The Bertz CT molecular complexity index is 1370. The Kier molecular flexibility index (Phi) is 4.05. The number of fused-ring (bicyclic) bond motifs is 2. The number of anilines is 1. The van der Waals surface area contributed by atoms with Crippen LogP contribution in [0.2, 0.25) is 0 Å². The van der Waals surface area contributed by atoms with Crippen LogP contribution in [-0.4, -0.2) is 24.3 Å². The van der Waals surface area contributed by atoms with Gasteiger partial charge in [-0.15, -0.1) is 0 Å². The molecule has 142 valence electrons. The molecule has 2 N–H and O–H groups in total. The molecule has 0 aliphatic rings. The van der Waals surface area contributed by atoms with Gasteiger partial charge in [0.05, 0.1) is 17.9 Å². The van der Waals surface area contributed by atoms with Gasteiger partial charge in [-0.1, -0.05) is 36.4 Å². The Labute approximate surface area is 166 Å². The molecule has 0 saturated carbocycles. The first kappa shape index (κ1) is 17.1. The zero-order valence-electron chi connectivity index (χ0n) is 15.7. The first-order chi connectivity index (χ1) is 14.2. The van der Waals surface area contributed by atoms with E-state index in [4.69, 9.17) is 0 Å². The van der Waals surface area contributed by atoms with Gasteiger partial charge in [0.1, 0.15) is 11.8 Å². The molecule has 0 fully saturated rings. The molecule has 4 heterocycles. The Balaban J connectivity index is 1.69. The summed E-state index contributed by atoms with van der Waals surface area (Å²) in [5.41, 5.74) is 4.57. The fourth-order valence-electron chi connectivity index (χ4n) is 3.62. The minimum atomic E-state index is -0.182. The lowest BCUT2D eigenvalue weighted by Crippen LogP contribution is -2.21. The summed E-state index contributed by atoms with van der Waals surface area (Å²) in [6.45, 7) is 2.02. The number of benzene rings is 1. The Hall–Kier alpha value is -4.00. The van der Waals surface area contributed by atoms with Gasteiger partial charge in [-0.25, -0.2) is 15.0 Å². The number of hydrogen-bond acceptors (Lipinski definition) is 5. The Morgan fingerprint density at radius 1 is 1.03 bits per heavy atom. The summed E-state index contributed by atoms with van der Waals surface area (Å²) < 4.78 is 1.68. The molecule has 7 heteroatoms. The molecular weight excluding hydrogens is 364 g/mol.